The van der Waals surface area contributed by atoms with Crippen LogP contribution in [0.3, 0.4) is 0 Å². The Morgan fingerprint density at radius 3 is 2.42 bits per heavy atom. The molecular formula is C13H19N3O3. The van der Waals surface area contributed by atoms with Crippen molar-refractivity contribution in [3.05, 3.63) is 39.4 Å². The molecule has 0 fully saturated rings. The van der Waals surface area contributed by atoms with Crippen molar-refractivity contribution in [1.29, 1.82) is 0 Å². The first-order valence-corrected chi connectivity index (χ1v) is 5.91. The van der Waals surface area contributed by atoms with Crippen molar-refractivity contribution in [2.45, 2.75) is 32.7 Å². The van der Waals surface area contributed by atoms with Crippen molar-refractivity contribution in [3.8, 4) is 0 Å². The van der Waals surface area contributed by atoms with Gasteiger partial charge in [-0.3, -0.25) is 10.1 Å². The molecule has 0 atom stereocenters. The van der Waals surface area contributed by atoms with E-state index in [1.807, 2.05) is 20.8 Å². The van der Waals surface area contributed by atoms with Crippen molar-refractivity contribution in [1.82, 2.24) is 4.90 Å². The lowest BCUT2D eigenvalue weighted by atomic mass is 9.85. The molecule has 0 bridgehead atoms. The van der Waals surface area contributed by atoms with E-state index in [1.54, 1.807) is 19.2 Å². The van der Waals surface area contributed by atoms with Crippen LogP contribution in [0.15, 0.2) is 18.2 Å². The fraction of sp³-hybridized carbons (Fsp3) is 0.462. The van der Waals surface area contributed by atoms with Crippen molar-refractivity contribution in [2.24, 2.45) is 5.73 Å². The fourth-order valence-electron chi connectivity index (χ4n) is 1.81. The van der Waals surface area contributed by atoms with E-state index in [0.29, 0.717) is 11.1 Å². The zero-order valence-corrected chi connectivity index (χ0v) is 11.6. The Bertz CT molecular complexity index is 506. The van der Waals surface area contributed by atoms with Gasteiger partial charge < -0.3 is 10.6 Å². The van der Waals surface area contributed by atoms with Crippen LogP contribution in [-0.2, 0) is 12.0 Å². The van der Waals surface area contributed by atoms with Gasteiger partial charge in [-0.2, -0.15) is 0 Å². The van der Waals surface area contributed by atoms with Gasteiger partial charge in [-0.05, 0) is 11.0 Å². The highest BCUT2D eigenvalue weighted by atomic mass is 16.6. The van der Waals surface area contributed by atoms with E-state index in [0.717, 1.165) is 0 Å². The molecule has 2 amide bonds. The van der Waals surface area contributed by atoms with Gasteiger partial charge in [-0.25, -0.2) is 4.79 Å². The predicted octanol–water partition coefficient (Wildman–Crippen LogP) is 2.40. The molecule has 19 heavy (non-hydrogen) atoms. The van der Waals surface area contributed by atoms with E-state index in [-0.39, 0.29) is 17.6 Å². The summed E-state index contributed by atoms with van der Waals surface area (Å²) >= 11 is 0. The number of amides is 2. The average Bonchev–Trinajstić information content (AvgIpc) is 2.27. The molecule has 0 unspecified atom stereocenters. The van der Waals surface area contributed by atoms with Crippen LogP contribution in [0.4, 0.5) is 10.5 Å². The summed E-state index contributed by atoms with van der Waals surface area (Å²) in [4.78, 5) is 23.0. The molecule has 6 heteroatoms. The van der Waals surface area contributed by atoms with Gasteiger partial charge in [0.15, 0.2) is 0 Å². The second-order valence-electron chi connectivity index (χ2n) is 5.55. The van der Waals surface area contributed by atoms with Gasteiger partial charge in [-0.15, -0.1) is 0 Å². The third-order valence-electron chi connectivity index (χ3n) is 2.86. The van der Waals surface area contributed by atoms with Gasteiger partial charge >= 0.3 is 6.03 Å². The first-order valence-electron chi connectivity index (χ1n) is 5.91. The summed E-state index contributed by atoms with van der Waals surface area (Å²) in [6, 6.07) is 4.46. The van der Waals surface area contributed by atoms with E-state index in [2.05, 4.69) is 0 Å². The normalized spacial score (nSPS) is 11.2. The number of nitro benzene ring substituents is 1. The molecule has 104 valence electrons. The zero-order valence-electron chi connectivity index (χ0n) is 11.6. The van der Waals surface area contributed by atoms with Crippen LogP contribution < -0.4 is 5.73 Å². The van der Waals surface area contributed by atoms with E-state index in [4.69, 9.17) is 5.73 Å². The van der Waals surface area contributed by atoms with Crippen LogP contribution in [0, 0.1) is 10.1 Å². The molecule has 2 N–H and O–H groups in total. The Morgan fingerprint density at radius 1 is 1.42 bits per heavy atom. The first kappa shape index (κ1) is 14.9. The number of urea groups is 1. The second-order valence-corrected chi connectivity index (χ2v) is 5.55. The summed E-state index contributed by atoms with van der Waals surface area (Å²) < 4.78 is 0. The Labute approximate surface area is 112 Å². The molecule has 0 saturated carbocycles. The summed E-state index contributed by atoms with van der Waals surface area (Å²) in [5, 5.41) is 11.1. The summed E-state index contributed by atoms with van der Waals surface area (Å²) in [6.07, 6.45) is 0. The Hall–Kier alpha value is -2.11. The van der Waals surface area contributed by atoms with E-state index >= 15 is 0 Å². The third kappa shape index (κ3) is 3.67. The largest absolute Gasteiger partial charge is 0.351 e. The number of primary amides is 1. The highest BCUT2D eigenvalue weighted by Gasteiger charge is 2.25. The SMILES string of the molecule is CN(Cc1ccc(C(C)(C)C)c([N+](=O)[O-])c1)C(N)=O. The monoisotopic (exact) mass is 265 g/mol. The number of rotatable bonds is 3. The van der Waals surface area contributed by atoms with Gasteiger partial charge in [0.25, 0.3) is 5.69 Å². The zero-order chi connectivity index (χ0) is 14.8. The molecule has 0 radical (unpaired) electrons. The van der Waals surface area contributed by atoms with Gasteiger partial charge in [0.1, 0.15) is 0 Å². The molecule has 0 saturated heterocycles. The summed E-state index contributed by atoms with van der Waals surface area (Å²) in [5.74, 6) is 0. The molecule has 6 nitrogen and oxygen atoms in total. The van der Waals surface area contributed by atoms with Gasteiger partial charge in [0.05, 0.1) is 4.92 Å². The highest BCUT2D eigenvalue weighted by Crippen LogP contribution is 2.31. The molecule has 0 heterocycles. The lowest BCUT2D eigenvalue weighted by Crippen LogP contribution is -2.31. The maximum atomic E-state index is 11.1. The van der Waals surface area contributed by atoms with E-state index in [9.17, 15) is 14.9 Å². The molecule has 0 spiro atoms. The number of hydrogen-bond donors (Lipinski definition) is 1. The standard InChI is InChI=1S/C13H19N3O3/c1-13(2,3)10-6-5-9(7-11(10)16(18)19)8-15(4)12(14)17/h5-7H,8H2,1-4H3,(H2,14,17). The Balaban J connectivity index is 3.17. The lowest BCUT2D eigenvalue weighted by Gasteiger charge is -2.20. The molecule has 0 aromatic heterocycles. The predicted molar refractivity (Wildman–Crippen MR) is 72.8 cm³/mol. The van der Waals surface area contributed by atoms with E-state index < -0.39 is 11.0 Å². The summed E-state index contributed by atoms with van der Waals surface area (Å²) in [7, 11) is 1.55. The van der Waals surface area contributed by atoms with Crippen molar-refractivity contribution in [3.63, 3.8) is 0 Å². The molecule has 0 aliphatic carbocycles. The average molecular weight is 265 g/mol. The molecule has 0 aliphatic rings. The molecule has 1 aromatic carbocycles. The maximum Gasteiger partial charge on any atom is 0.314 e. The van der Waals surface area contributed by atoms with Crippen LogP contribution in [0.25, 0.3) is 0 Å². The van der Waals surface area contributed by atoms with Crippen LogP contribution >= 0.6 is 0 Å². The van der Waals surface area contributed by atoms with E-state index in [1.165, 1.54) is 11.0 Å². The number of carbonyl (C=O) groups excluding carboxylic acids is 1. The van der Waals surface area contributed by atoms with Crippen molar-refractivity contribution in [2.75, 3.05) is 7.05 Å². The Morgan fingerprint density at radius 2 is 2.00 bits per heavy atom. The van der Waals surface area contributed by atoms with Crippen LogP contribution in [0.1, 0.15) is 31.9 Å². The molecule has 0 aliphatic heterocycles. The summed E-state index contributed by atoms with van der Waals surface area (Å²) in [5.41, 5.74) is 6.25. The number of benzene rings is 1. The minimum atomic E-state index is -0.567. The minimum absolute atomic E-state index is 0.0721. The highest BCUT2D eigenvalue weighted by molar-refractivity contribution is 5.71. The van der Waals surface area contributed by atoms with Crippen molar-refractivity contribution < 1.29 is 9.72 Å². The number of nitrogens with zero attached hydrogens (tertiary/aromatic N) is 2. The van der Waals surface area contributed by atoms with Crippen molar-refractivity contribution >= 4 is 11.7 Å². The lowest BCUT2D eigenvalue weighted by molar-refractivity contribution is -0.386. The van der Waals surface area contributed by atoms with Gasteiger partial charge in [0, 0.05) is 25.2 Å². The minimum Gasteiger partial charge on any atom is -0.351 e. The number of hydrogen-bond acceptors (Lipinski definition) is 3. The fourth-order valence-corrected chi connectivity index (χ4v) is 1.81. The number of nitro groups is 1. The number of carbonyl (C=O) groups is 1. The van der Waals surface area contributed by atoms with Crippen LogP contribution in [0.2, 0.25) is 0 Å². The molecule has 1 rings (SSSR count). The van der Waals surface area contributed by atoms with Crippen LogP contribution in [0.5, 0.6) is 0 Å². The Kier molecular flexibility index (Phi) is 4.14. The quantitative estimate of drug-likeness (QED) is 0.672. The molecular weight excluding hydrogens is 246 g/mol. The maximum absolute atomic E-state index is 11.1. The smallest absolute Gasteiger partial charge is 0.314 e. The second kappa shape index (κ2) is 5.26. The third-order valence-corrected chi connectivity index (χ3v) is 2.86. The number of nitrogens with two attached hydrogens (primary N) is 1. The van der Waals surface area contributed by atoms with Crippen LogP contribution in [-0.4, -0.2) is 22.9 Å². The topological polar surface area (TPSA) is 89.5 Å². The summed E-state index contributed by atoms with van der Waals surface area (Å²) in [6.45, 7) is 6.01. The van der Waals surface area contributed by atoms with Gasteiger partial charge in [-0.1, -0.05) is 32.9 Å². The van der Waals surface area contributed by atoms with Gasteiger partial charge in [0.2, 0.25) is 0 Å². The first-order chi connectivity index (χ1) is 8.62. The molecule has 1 aromatic rings.